The van der Waals surface area contributed by atoms with E-state index in [1.807, 2.05) is 13.0 Å². The van der Waals surface area contributed by atoms with Gasteiger partial charge in [0.05, 0.1) is 24.8 Å². The first-order valence-electron chi connectivity index (χ1n) is 10.4. The third-order valence-electron chi connectivity index (χ3n) is 5.30. The van der Waals surface area contributed by atoms with E-state index in [4.69, 9.17) is 9.47 Å². The Morgan fingerprint density at radius 3 is 2.68 bits per heavy atom. The molecule has 7 nitrogen and oxygen atoms in total. The number of likely N-dealkylation sites (tertiary alicyclic amines) is 1. The molecule has 1 N–H and O–H groups in total. The summed E-state index contributed by atoms with van der Waals surface area (Å²) < 4.78 is 10.8. The summed E-state index contributed by atoms with van der Waals surface area (Å²) in [5.41, 5.74) is 1.94. The van der Waals surface area contributed by atoms with Gasteiger partial charge in [-0.05, 0) is 48.7 Å². The van der Waals surface area contributed by atoms with E-state index >= 15 is 0 Å². The lowest BCUT2D eigenvalue weighted by Gasteiger charge is -2.24. The minimum absolute atomic E-state index is 0.0526. The van der Waals surface area contributed by atoms with Gasteiger partial charge in [0, 0.05) is 31.6 Å². The second kappa shape index (κ2) is 10.2. The lowest BCUT2D eigenvalue weighted by Crippen LogP contribution is -2.32. The summed E-state index contributed by atoms with van der Waals surface area (Å²) in [5, 5.41) is 11.2. The van der Waals surface area contributed by atoms with Crippen LogP contribution in [0.25, 0.3) is 5.76 Å². The van der Waals surface area contributed by atoms with Crippen molar-refractivity contribution in [2.24, 2.45) is 0 Å². The zero-order valence-corrected chi connectivity index (χ0v) is 18.1. The molecule has 31 heavy (non-hydrogen) atoms. The number of aliphatic hydroxyl groups excluding tert-OH is 1. The van der Waals surface area contributed by atoms with Crippen LogP contribution in [0.2, 0.25) is 0 Å². The van der Waals surface area contributed by atoms with Gasteiger partial charge in [-0.15, -0.1) is 0 Å². The fraction of sp³-hybridized carbons (Fsp3) is 0.375. The van der Waals surface area contributed by atoms with E-state index in [1.165, 1.54) is 12.0 Å². The highest BCUT2D eigenvalue weighted by Crippen LogP contribution is 2.39. The average molecular weight is 424 g/mol. The molecule has 0 saturated carbocycles. The van der Waals surface area contributed by atoms with Crippen molar-refractivity contribution >= 4 is 17.4 Å². The lowest BCUT2D eigenvalue weighted by atomic mass is 9.94. The molecule has 1 aromatic carbocycles. The number of aryl methyl sites for hydroxylation is 1. The van der Waals surface area contributed by atoms with E-state index in [-0.39, 0.29) is 24.5 Å². The van der Waals surface area contributed by atoms with E-state index in [9.17, 15) is 14.7 Å². The number of aliphatic hydroxyl groups is 1. The second-order valence-corrected chi connectivity index (χ2v) is 7.45. The Bertz CT molecular complexity index is 971. The molecule has 0 spiro atoms. The largest absolute Gasteiger partial charge is 0.507 e. The zero-order valence-electron chi connectivity index (χ0n) is 18.1. The van der Waals surface area contributed by atoms with Gasteiger partial charge in [0.1, 0.15) is 11.5 Å². The Morgan fingerprint density at radius 2 is 2.03 bits per heavy atom. The summed E-state index contributed by atoms with van der Waals surface area (Å²) in [6, 6.07) is 8.09. The summed E-state index contributed by atoms with van der Waals surface area (Å²) in [4.78, 5) is 31.2. The molecular weight excluding hydrogens is 396 g/mol. The van der Waals surface area contributed by atoms with Crippen molar-refractivity contribution < 1.29 is 24.2 Å². The summed E-state index contributed by atoms with van der Waals surface area (Å²) >= 11 is 0. The molecule has 1 saturated heterocycles. The molecule has 2 aromatic rings. The summed E-state index contributed by atoms with van der Waals surface area (Å²) in [6.07, 6.45) is 5.21. The number of aromatic nitrogens is 1. The third kappa shape index (κ3) is 4.77. The predicted molar refractivity (Wildman–Crippen MR) is 117 cm³/mol. The summed E-state index contributed by atoms with van der Waals surface area (Å²) in [7, 11) is 1.53. The number of pyridine rings is 1. The molecule has 1 fully saturated rings. The number of Topliss-reactive ketones (excluding diaryl/α,β-unsaturated/α-hetero) is 1. The minimum atomic E-state index is -0.733. The van der Waals surface area contributed by atoms with Gasteiger partial charge in [-0.2, -0.15) is 0 Å². The van der Waals surface area contributed by atoms with Crippen molar-refractivity contribution in [1.29, 1.82) is 0 Å². The molecule has 164 valence electrons. The third-order valence-corrected chi connectivity index (χ3v) is 5.30. The van der Waals surface area contributed by atoms with Crippen LogP contribution >= 0.6 is 0 Å². The zero-order chi connectivity index (χ0) is 22.4. The fourth-order valence-electron chi connectivity index (χ4n) is 3.66. The van der Waals surface area contributed by atoms with E-state index < -0.39 is 17.7 Å². The molecule has 2 heterocycles. The molecule has 3 rings (SSSR count). The molecule has 0 radical (unpaired) electrons. The van der Waals surface area contributed by atoms with Crippen LogP contribution in [0.3, 0.4) is 0 Å². The number of carbonyl (C=O) groups is 2. The number of unbranched alkanes of at least 4 members (excludes halogenated alkanes) is 1. The molecule has 1 atom stereocenters. The monoisotopic (exact) mass is 424 g/mol. The SMILES string of the molecule is CCCCOc1ccc(C(O)=C2C(=O)C(=O)N(CCOC)[C@@H]2c2cccnc2)c(C)c1. The Balaban J connectivity index is 2.04. The van der Waals surface area contributed by atoms with Crippen LogP contribution in [-0.4, -0.2) is 53.5 Å². The van der Waals surface area contributed by atoms with E-state index in [0.717, 1.165) is 18.4 Å². The highest BCUT2D eigenvalue weighted by molar-refractivity contribution is 6.46. The van der Waals surface area contributed by atoms with Crippen LogP contribution in [-0.2, 0) is 14.3 Å². The highest BCUT2D eigenvalue weighted by Gasteiger charge is 2.46. The van der Waals surface area contributed by atoms with Crippen molar-refractivity contribution in [3.8, 4) is 5.75 Å². The Kier molecular flexibility index (Phi) is 7.41. The number of hydrogen-bond acceptors (Lipinski definition) is 6. The standard InChI is InChI=1S/C24H28N2O5/c1-4-5-12-31-18-8-9-19(16(2)14-18)22(27)20-21(17-7-6-10-25-15-17)26(11-13-30-3)24(29)23(20)28/h6-10,14-15,21,27H,4-5,11-13H2,1-3H3/t21-/m1/s1. The van der Waals surface area contributed by atoms with Crippen molar-refractivity contribution in [3.05, 3.63) is 65.0 Å². The molecule has 1 aliphatic rings. The number of benzene rings is 1. The van der Waals surface area contributed by atoms with E-state index in [0.29, 0.717) is 23.5 Å². The van der Waals surface area contributed by atoms with Gasteiger partial charge in [-0.25, -0.2) is 0 Å². The van der Waals surface area contributed by atoms with Crippen LogP contribution in [0.1, 0.15) is 42.5 Å². The number of rotatable bonds is 9. The van der Waals surface area contributed by atoms with Gasteiger partial charge in [0.25, 0.3) is 11.7 Å². The summed E-state index contributed by atoms with van der Waals surface area (Å²) in [5.74, 6) is -0.883. The number of ether oxygens (including phenoxy) is 2. The quantitative estimate of drug-likeness (QED) is 0.286. The number of amides is 1. The molecule has 1 aliphatic heterocycles. The minimum Gasteiger partial charge on any atom is -0.507 e. The number of carbonyl (C=O) groups excluding carboxylic acids is 2. The molecule has 0 aliphatic carbocycles. The smallest absolute Gasteiger partial charge is 0.295 e. The van der Waals surface area contributed by atoms with Crippen molar-refractivity contribution in [2.45, 2.75) is 32.7 Å². The van der Waals surface area contributed by atoms with E-state index in [2.05, 4.69) is 11.9 Å². The highest BCUT2D eigenvalue weighted by atomic mass is 16.5. The van der Waals surface area contributed by atoms with Gasteiger partial charge in [-0.1, -0.05) is 19.4 Å². The topological polar surface area (TPSA) is 89.0 Å². The van der Waals surface area contributed by atoms with Crippen LogP contribution < -0.4 is 4.74 Å². The first-order chi connectivity index (χ1) is 15.0. The molecule has 1 amide bonds. The molecule has 7 heteroatoms. The number of ketones is 1. The first kappa shape index (κ1) is 22.5. The number of methoxy groups -OCH3 is 1. The van der Waals surface area contributed by atoms with Crippen molar-refractivity contribution in [1.82, 2.24) is 9.88 Å². The Labute approximate surface area is 182 Å². The maximum atomic E-state index is 12.9. The first-order valence-corrected chi connectivity index (χ1v) is 10.4. The lowest BCUT2D eigenvalue weighted by molar-refractivity contribution is -0.140. The fourth-order valence-corrected chi connectivity index (χ4v) is 3.66. The van der Waals surface area contributed by atoms with Crippen LogP contribution in [0, 0.1) is 6.92 Å². The van der Waals surface area contributed by atoms with E-state index in [1.54, 1.807) is 36.7 Å². The van der Waals surface area contributed by atoms with Gasteiger partial charge >= 0.3 is 0 Å². The molecular formula is C24H28N2O5. The second-order valence-electron chi connectivity index (χ2n) is 7.45. The van der Waals surface area contributed by atoms with Gasteiger partial charge in [0.2, 0.25) is 0 Å². The van der Waals surface area contributed by atoms with Gasteiger partial charge < -0.3 is 19.5 Å². The summed E-state index contributed by atoms with van der Waals surface area (Å²) in [6.45, 7) is 5.04. The van der Waals surface area contributed by atoms with Crippen LogP contribution in [0.4, 0.5) is 0 Å². The van der Waals surface area contributed by atoms with Crippen LogP contribution in [0.15, 0.2) is 48.3 Å². The molecule has 1 aromatic heterocycles. The normalized spacial score (nSPS) is 17.9. The van der Waals surface area contributed by atoms with Crippen LogP contribution in [0.5, 0.6) is 5.75 Å². The van der Waals surface area contributed by atoms with Gasteiger partial charge in [-0.3, -0.25) is 14.6 Å². The Hall–Kier alpha value is -3.19. The molecule has 0 unspecified atom stereocenters. The van der Waals surface area contributed by atoms with Crippen molar-refractivity contribution in [2.75, 3.05) is 26.9 Å². The molecule has 0 bridgehead atoms. The van der Waals surface area contributed by atoms with Crippen molar-refractivity contribution in [3.63, 3.8) is 0 Å². The Morgan fingerprint density at radius 1 is 1.23 bits per heavy atom. The number of nitrogens with zero attached hydrogens (tertiary/aromatic N) is 2. The average Bonchev–Trinajstić information content (AvgIpc) is 3.03. The van der Waals surface area contributed by atoms with Gasteiger partial charge in [0.15, 0.2) is 0 Å². The maximum absolute atomic E-state index is 12.9. The predicted octanol–water partition coefficient (Wildman–Crippen LogP) is 3.64. The maximum Gasteiger partial charge on any atom is 0.295 e. The number of hydrogen-bond donors (Lipinski definition) is 1.